The molecule has 0 amide bonds. The van der Waals surface area contributed by atoms with Crippen LogP contribution in [0.5, 0.6) is 5.75 Å². The maximum atomic E-state index is 13.2. The average molecular weight is 491 g/mol. The number of hydrogen-bond acceptors (Lipinski definition) is 7. The minimum absolute atomic E-state index is 0.0528. The molecule has 1 aliphatic carbocycles. The molecule has 1 unspecified atom stereocenters. The molecule has 9 heteroatoms. The number of fused-ring (bicyclic) bond motifs is 1. The summed E-state index contributed by atoms with van der Waals surface area (Å²) >= 11 is 0. The molecule has 4 aromatic rings. The highest BCUT2D eigenvalue weighted by molar-refractivity contribution is 5.80. The number of tetrazole rings is 1. The van der Waals surface area contributed by atoms with E-state index in [-0.39, 0.29) is 11.6 Å². The van der Waals surface area contributed by atoms with E-state index in [1.807, 2.05) is 41.1 Å². The van der Waals surface area contributed by atoms with Crippen molar-refractivity contribution < 1.29 is 9.15 Å². The number of benzene rings is 1. The minimum Gasteiger partial charge on any atom is -0.497 e. The van der Waals surface area contributed by atoms with Crippen LogP contribution in [0.25, 0.3) is 10.9 Å². The molecule has 3 heterocycles. The molecule has 9 nitrogen and oxygen atoms in total. The van der Waals surface area contributed by atoms with Crippen molar-refractivity contribution in [2.45, 2.75) is 77.0 Å². The summed E-state index contributed by atoms with van der Waals surface area (Å²) in [6.07, 6.45) is 9.40. The summed E-state index contributed by atoms with van der Waals surface area (Å²) in [7, 11) is 1.62. The van der Waals surface area contributed by atoms with Gasteiger partial charge >= 0.3 is 0 Å². The zero-order chi connectivity index (χ0) is 24.9. The van der Waals surface area contributed by atoms with Crippen LogP contribution in [0.1, 0.15) is 81.1 Å². The zero-order valence-corrected chi connectivity index (χ0v) is 21.0. The first-order valence-electron chi connectivity index (χ1n) is 12.9. The number of furan rings is 1. The number of ether oxygens (including phenoxy) is 1. The number of methoxy groups -OCH3 is 1. The Balaban J connectivity index is 1.51. The van der Waals surface area contributed by atoms with Crippen molar-refractivity contribution in [1.82, 2.24) is 30.1 Å². The maximum absolute atomic E-state index is 13.2. The van der Waals surface area contributed by atoms with Gasteiger partial charge in [-0.25, -0.2) is 4.68 Å². The molecule has 0 spiro atoms. The van der Waals surface area contributed by atoms with E-state index in [0.717, 1.165) is 48.2 Å². The molecule has 190 valence electrons. The number of aromatic nitrogens is 5. The van der Waals surface area contributed by atoms with Crippen LogP contribution in [-0.2, 0) is 13.1 Å². The third-order valence-corrected chi connectivity index (χ3v) is 7.18. The highest BCUT2D eigenvalue weighted by atomic mass is 16.5. The fourth-order valence-electron chi connectivity index (χ4n) is 5.32. The molecule has 0 saturated heterocycles. The van der Waals surface area contributed by atoms with Crippen molar-refractivity contribution in [3.63, 3.8) is 0 Å². The average Bonchev–Trinajstić information content (AvgIpc) is 3.60. The van der Waals surface area contributed by atoms with Crippen LogP contribution < -0.4 is 10.3 Å². The first-order valence-corrected chi connectivity index (χ1v) is 12.9. The molecule has 1 atom stereocenters. The molecule has 36 heavy (non-hydrogen) atoms. The van der Waals surface area contributed by atoms with E-state index in [1.165, 1.54) is 19.3 Å². The second-order valence-corrected chi connectivity index (χ2v) is 9.64. The summed E-state index contributed by atoms with van der Waals surface area (Å²) in [5.41, 5.74) is 1.34. The Morgan fingerprint density at radius 3 is 2.81 bits per heavy atom. The molecule has 1 aliphatic rings. The van der Waals surface area contributed by atoms with E-state index < -0.39 is 0 Å². The van der Waals surface area contributed by atoms with E-state index in [2.05, 4.69) is 32.3 Å². The Morgan fingerprint density at radius 2 is 2.06 bits per heavy atom. The van der Waals surface area contributed by atoms with Gasteiger partial charge in [0.15, 0.2) is 5.82 Å². The molecule has 1 aromatic carbocycles. The fourth-order valence-corrected chi connectivity index (χ4v) is 5.32. The quantitative estimate of drug-likeness (QED) is 0.327. The van der Waals surface area contributed by atoms with Gasteiger partial charge in [-0.05, 0) is 65.4 Å². The maximum Gasteiger partial charge on any atom is 0.252 e. The molecule has 0 bridgehead atoms. The lowest BCUT2D eigenvalue weighted by Gasteiger charge is -2.32. The van der Waals surface area contributed by atoms with Crippen LogP contribution in [-0.4, -0.2) is 37.2 Å². The minimum atomic E-state index is -0.109. The van der Waals surface area contributed by atoms with E-state index in [1.54, 1.807) is 13.4 Å². The Morgan fingerprint density at radius 1 is 1.19 bits per heavy atom. The summed E-state index contributed by atoms with van der Waals surface area (Å²) in [4.78, 5) is 18.5. The van der Waals surface area contributed by atoms with Gasteiger partial charge in [-0.1, -0.05) is 32.6 Å². The van der Waals surface area contributed by atoms with Crippen LogP contribution in [0.2, 0.25) is 0 Å². The third-order valence-electron chi connectivity index (χ3n) is 7.18. The monoisotopic (exact) mass is 490 g/mol. The largest absolute Gasteiger partial charge is 0.497 e. The van der Waals surface area contributed by atoms with Crippen molar-refractivity contribution >= 4 is 10.9 Å². The highest BCUT2D eigenvalue weighted by Crippen LogP contribution is 2.33. The van der Waals surface area contributed by atoms with Gasteiger partial charge in [-0.3, -0.25) is 9.69 Å². The van der Waals surface area contributed by atoms with Gasteiger partial charge in [0, 0.05) is 18.2 Å². The van der Waals surface area contributed by atoms with Gasteiger partial charge in [0.1, 0.15) is 11.5 Å². The van der Waals surface area contributed by atoms with Gasteiger partial charge in [0.25, 0.3) is 5.56 Å². The van der Waals surface area contributed by atoms with Crippen molar-refractivity contribution in [1.29, 1.82) is 0 Å². The SMILES string of the molecule is CCCC(c1nnnn1C1CCCCC1)N(Cc1ccco1)Cc1cc2ccc(OC)cc2[nH]c1=O. The van der Waals surface area contributed by atoms with Gasteiger partial charge in [0.2, 0.25) is 0 Å². The lowest BCUT2D eigenvalue weighted by molar-refractivity contribution is 0.139. The number of nitrogens with zero attached hydrogens (tertiary/aromatic N) is 5. The van der Waals surface area contributed by atoms with Crippen LogP contribution >= 0.6 is 0 Å². The normalized spacial score (nSPS) is 15.5. The summed E-state index contributed by atoms with van der Waals surface area (Å²) in [6, 6.07) is 11.8. The molecule has 0 radical (unpaired) electrons. The van der Waals surface area contributed by atoms with Crippen molar-refractivity contribution in [2.24, 2.45) is 0 Å². The standard InChI is InChI=1S/C27H34N6O3/c1-3-8-25(26-29-30-31-33(26)21-9-5-4-6-10-21)32(18-23-11-7-14-36-23)17-20-15-19-12-13-22(35-2)16-24(19)28-27(20)34/h7,11-16,21,25H,3-6,8-10,17-18H2,1-2H3,(H,28,34). The highest BCUT2D eigenvalue weighted by Gasteiger charge is 2.30. The topological polar surface area (TPSA) is 102 Å². The van der Waals surface area contributed by atoms with E-state index in [0.29, 0.717) is 30.4 Å². The van der Waals surface area contributed by atoms with Gasteiger partial charge < -0.3 is 14.1 Å². The first-order chi connectivity index (χ1) is 17.7. The Hall–Kier alpha value is -3.46. The second kappa shape index (κ2) is 11.1. The summed E-state index contributed by atoms with van der Waals surface area (Å²) in [5.74, 6) is 2.43. The molecule has 3 aromatic heterocycles. The molecular weight excluding hydrogens is 456 g/mol. The Kier molecular flexibility index (Phi) is 7.46. The van der Waals surface area contributed by atoms with Crippen LogP contribution in [0.4, 0.5) is 0 Å². The van der Waals surface area contributed by atoms with Gasteiger partial charge in [-0.2, -0.15) is 0 Å². The number of pyridine rings is 1. The van der Waals surface area contributed by atoms with Crippen molar-refractivity contribution in [3.8, 4) is 5.75 Å². The second-order valence-electron chi connectivity index (χ2n) is 9.64. The summed E-state index contributed by atoms with van der Waals surface area (Å²) < 4.78 is 13.1. The molecule has 1 fully saturated rings. The fraction of sp³-hybridized carbons (Fsp3) is 0.481. The molecule has 0 aliphatic heterocycles. The molecule has 1 saturated carbocycles. The van der Waals surface area contributed by atoms with Crippen LogP contribution in [0.3, 0.4) is 0 Å². The van der Waals surface area contributed by atoms with Crippen LogP contribution in [0.15, 0.2) is 51.9 Å². The van der Waals surface area contributed by atoms with E-state index in [4.69, 9.17) is 9.15 Å². The smallest absolute Gasteiger partial charge is 0.252 e. The van der Waals surface area contributed by atoms with Gasteiger partial charge in [0.05, 0.1) is 37.5 Å². The summed E-state index contributed by atoms with van der Waals surface area (Å²) in [5, 5.41) is 14.0. The van der Waals surface area contributed by atoms with Gasteiger partial charge in [-0.15, -0.1) is 5.10 Å². The van der Waals surface area contributed by atoms with Crippen LogP contribution in [0, 0.1) is 0 Å². The third kappa shape index (κ3) is 5.21. The predicted octanol–water partition coefficient (Wildman–Crippen LogP) is 5.17. The Bertz CT molecular complexity index is 1320. The summed E-state index contributed by atoms with van der Waals surface area (Å²) in [6.45, 7) is 3.17. The molecular formula is C27H34N6O3. The number of nitrogens with one attached hydrogen (secondary N) is 1. The van der Waals surface area contributed by atoms with Crippen molar-refractivity contribution in [3.05, 3.63) is 70.2 Å². The Labute approximate surface area is 210 Å². The lowest BCUT2D eigenvalue weighted by Crippen LogP contribution is -2.33. The lowest BCUT2D eigenvalue weighted by atomic mass is 9.95. The van der Waals surface area contributed by atoms with Crippen molar-refractivity contribution in [2.75, 3.05) is 7.11 Å². The first kappa shape index (κ1) is 24.2. The number of H-pyrrole nitrogens is 1. The number of hydrogen-bond donors (Lipinski definition) is 1. The number of aromatic amines is 1. The number of rotatable bonds is 10. The zero-order valence-electron chi connectivity index (χ0n) is 21.0. The molecule has 5 rings (SSSR count). The van der Waals surface area contributed by atoms with E-state index >= 15 is 0 Å². The molecule has 1 N–H and O–H groups in total. The predicted molar refractivity (Wildman–Crippen MR) is 137 cm³/mol. The van der Waals surface area contributed by atoms with E-state index in [9.17, 15) is 4.79 Å².